The van der Waals surface area contributed by atoms with Gasteiger partial charge in [0.05, 0.1) is 0 Å². The van der Waals surface area contributed by atoms with Gasteiger partial charge in [0.1, 0.15) is 13.2 Å². The van der Waals surface area contributed by atoms with Crippen LogP contribution in [0.15, 0.2) is 60.8 Å². The van der Waals surface area contributed by atoms with Crippen LogP contribution in [0.3, 0.4) is 0 Å². The molecule has 0 aromatic carbocycles. The van der Waals surface area contributed by atoms with Crippen LogP contribution in [0.5, 0.6) is 0 Å². The van der Waals surface area contributed by atoms with Crippen LogP contribution in [-0.4, -0.2) is 37.2 Å². The van der Waals surface area contributed by atoms with Crippen LogP contribution >= 0.6 is 0 Å². The summed E-state index contributed by atoms with van der Waals surface area (Å²) in [5, 5.41) is 0. The first-order valence-corrected chi connectivity index (χ1v) is 21.8. The lowest BCUT2D eigenvalue weighted by molar-refractivity contribution is -0.167. The van der Waals surface area contributed by atoms with Gasteiger partial charge in [-0.2, -0.15) is 0 Å². The SMILES string of the molecule is CC/C=C\C/C=C\C/C=C\C/C=C\C/C=C\CCCCCCCCCCCC(=O)OCC(COC(=O)CCCCCCC)OC(=O)CCCCCCC. The number of carbonyl (C=O) groups is 3. The van der Waals surface area contributed by atoms with Crippen molar-refractivity contribution >= 4 is 17.9 Å². The average Bonchev–Trinajstić information content (AvgIpc) is 3.15. The highest BCUT2D eigenvalue weighted by Gasteiger charge is 2.19. The lowest BCUT2D eigenvalue weighted by atomic mass is 10.1. The number of ether oxygens (including phenoxy) is 3. The van der Waals surface area contributed by atoms with Gasteiger partial charge in [0.15, 0.2) is 6.10 Å². The van der Waals surface area contributed by atoms with Gasteiger partial charge in [-0.05, 0) is 64.2 Å². The normalized spacial score (nSPS) is 12.6. The van der Waals surface area contributed by atoms with E-state index in [1.54, 1.807) is 0 Å². The Bertz CT molecular complexity index is 991. The van der Waals surface area contributed by atoms with Gasteiger partial charge in [0.2, 0.25) is 0 Å². The van der Waals surface area contributed by atoms with E-state index >= 15 is 0 Å². The Morgan fingerprint density at radius 3 is 1.15 bits per heavy atom. The van der Waals surface area contributed by atoms with Crippen LogP contribution in [0.1, 0.15) is 201 Å². The molecule has 0 aliphatic rings. The minimum Gasteiger partial charge on any atom is -0.462 e. The maximum Gasteiger partial charge on any atom is 0.306 e. The molecule has 0 spiro atoms. The fourth-order valence-corrected chi connectivity index (χ4v) is 5.76. The molecule has 304 valence electrons. The standard InChI is InChI=1S/C47H80O6/c1-4-7-10-13-14-15-16-17-18-19-20-21-22-23-24-25-26-27-28-29-30-31-32-35-37-40-46(49)52-43-44(53-47(50)41-38-34-12-9-6-3)42-51-45(48)39-36-33-11-8-5-2/h7,10,14-15,17-18,20-21,23-24,44H,4-6,8-9,11-13,16,19,22,25-43H2,1-3H3/b10-7-,15-14-,18-17-,21-20-,24-23-. The second-order valence-electron chi connectivity index (χ2n) is 14.2. The quantitative estimate of drug-likeness (QED) is 0.0271. The molecule has 0 aromatic rings. The molecule has 0 N–H and O–H groups in total. The van der Waals surface area contributed by atoms with Crippen molar-refractivity contribution in [1.82, 2.24) is 0 Å². The molecule has 0 saturated carbocycles. The Balaban J connectivity index is 3.97. The summed E-state index contributed by atoms with van der Waals surface area (Å²) in [7, 11) is 0. The summed E-state index contributed by atoms with van der Waals surface area (Å²) in [6, 6.07) is 0. The Morgan fingerprint density at radius 2 is 0.736 bits per heavy atom. The fraction of sp³-hybridized carbons (Fsp3) is 0.723. The number of rotatable bonds is 38. The van der Waals surface area contributed by atoms with E-state index in [1.807, 2.05) is 0 Å². The molecule has 0 aliphatic heterocycles. The minimum absolute atomic E-state index is 0.0774. The first-order chi connectivity index (χ1) is 26.0. The number of esters is 3. The third-order valence-electron chi connectivity index (χ3n) is 9.04. The van der Waals surface area contributed by atoms with E-state index in [0.29, 0.717) is 19.3 Å². The van der Waals surface area contributed by atoms with E-state index < -0.39 is 6.10 Å². The van der Waals surface area contributed by atoms with Crippen molar-refractivity contribution in [3.8, 4) is 0 Å². The number of hydrogen-bond acceptors (Lipinski definition) is 6. The highest BCUT2D eigenvalue weighted by atomic mass is 16.6. The molecule has 0 rings (SSSR count). The maximum atomic E-state index is 12.4. The van der Waals surface area contributed by atoms with Gasteiger partial charge < -0.3 is 14.2 Å². The Labute approximate surface area is 326 Å². The van der Waals surface area contributed by atoms with Gasteiger partial charge in [0, 0.05) is 19.3 Å². The van der Waals surface area contributed by atoms with Crippen LogP contribution in [0.25, 0.3) is 0 Å². The Morgan fingerprint density at radius 1 is 0.396 bits per heavy atom. The molecule has 0 radical (unpaired) electrons. The number of allylic oxidation sites excluding steroid dienone is 10. The third-order valence-corrected chi connectivity index (χ3v) is 9.04. The van der Waals surface area contributed by atoms with E-state index in [9.17, 15) is 14.4 Å². The molecule has 0 heterocycles. The molecule has 0 bridgehead atoms. The van der Waals surface area contributed by atoms with Gasteiger partial charge in [-0.1, -0.05) is 178 Å². The number of hydrogen-bond donors (Lipinski definition) is 0. The molecule has 1 unspecified atom stereocenters. The second kappa shape index (κ2) is 41.9. The molecule has 0 amide bonds. The molecule has 0 aliphatic carbocycles. The molecule has 1 atom stereocenters. The predicted molar refractivity (Wildman–Crippen MR) is 224 cm³/mol. The summed E-state index contributed by atoms with van der Waals surface area (Å²) < 4.78 is 16.4. The largest absolute Gasteiger partial charge is 0.462 e. The summed E-state index contributed by atoms with van der Waals surface area (Å²) in [6.45, 7) is 6.32. The summed E-state index contributed by atoms with van der Waals surface area (Å²) in [4.78, 5) is 37.1. The predicted octanol–water partition coefficient (Wildman–Crippen LogP) is 13.7. The van der Waals surface area contributed by atoms with E-state index in [4.69, 9.17) is 14.2 Å². The van der Waals surface area contributed by atoms with Crippen LogP contribution in [0, 0.1) is 0 Å². The first kappa shape index (κ1) is 50.1. The highest BCUT2D eigenvalue weighted by molar-refractivity contribution is 5.71. The lowest BCUT2D eigenvalue weighted by Gasteiger charge is -2.18. The van der Waals surface area contributed by atoms with Crippen molar-refractivity contribution in [3.63, 3.8) is 0 Å². The second-order valence-corrected chi connectivity index (χ2v) is 14.2. The first-order valence-electron chi connectivity index (χ1n) is 21.8. The van der Waals surface area contributed by atoms with Crippen molar-refractivity contribution in [2.75, 3.05) is 13.2 Å². The molecule has 0 aromatic heterocycles. The van der Waals surface area contributed by atoms with Gasteiger partial charge in [-0.15, -0.1) is 0 Å². The third kappa shape index (κ3) is 40.1. The fourth-order valence-electron chi connectivity index (χ4n) is 5.76. The minimum atomic E-state index is -0.766. The molecule has 0 fully saturated rings. The molecular weight excluding hydrogens is 661 g/mol. The van der Waals surface area contributed by atoms with Crippen molar-refractivity contribution in [1.29, 1.82) is 0 Å². The van der Waals surface area contributed by atoms with Gasteiger partial charge >= 0.3 is 17.9 Å². The van der Waals surface area contributed by atoms with Crippen molar-refractivity contribution in [3.05, 3.63) is 60.8 Å². The molecular formula is C47H80O6. The lowest BCUT2D eigenvalue weighted by Crippen LogP contribution is -2.30. The zero-order chi connectivity index (χ0) is 38.7. The zero-order valence-electron chi connectivity index (χ0n) is 34.5. The highest BCUT2D eigenvalue weighted by Crippen LogP contribution is 2.13. The number of unbranched alkanes of at least 4 members (excludes halogenated alkanes) is 17. The van der Waals surface area contributed by atoms with Crippen molar-refractivity contribution < 1.29 is 28.6 Å². The van der Waals surface area contributed by atoms with Crippen LogP contribution in [0.2, 0.25) is 0 Å². The number of carbonyl (C=O) groups excluding carboxylic acids is 3. The van der Waals surface area contributed by atoms with E-state index in [2.05, 4.69) is 81.5 Å². The monoisotopic (exact) mass is 741 g/mol. The summed E-state index contributed by atoms with van der Waals surface area (Å²) in [6.07, 6.45) is 49.9. The zero-order valence-corrected chi connectivity index (χ0v) is 34.5. The molecule has 53 heavy (non-hydrogen) atoms. The van der Waals surface area contributed by atoms with Crippen molar-refractivity contribution in [2.24, 2.45) is 0 Å². The topological polar surface area (TPSA) is 78.9 Å². The average molecular weight is 741 g/mol. The van der Waals surface area contributed by atoms with Gasteiger partial charge in [0.25, 0.3) is 0 Å². The van der Waals surface area contributed by atoms with E-state index in [0.717, 1.165) is 116 Å². The van der Waals surface area contributed by atoms with Crippen LogP contribution < -0.4 is 0 Å². The maximum absolute atomic E-state index is 12.4. The molecule has 6 nitrogen and oxygen atoms in total. The van der Waals surface area contributed by atoms with Crippen molar-refractivity contribution in [2.45, 2.75) is 207 Å². The van der Waals surface area contributed by atoms with E-state index in [-0.39, 0.29) is 31.1 Å². The molecule has 6 heteroatoms. The summed E-state index contributed by atoms with van der Waals surface area (Å²) >= 11 is 0. The van der Waals surface area contributed by atoms with Crippen LogP contribution in [0.4, 0.5) is 0 Å². The van der Waals surface area contributed by atoms with Gasteiger partial charge in [-0.3, -0.25) is 14.4 Å². The van der Waals surface area contributed by atoms with E-state index in [1.165, 1.54) is 44.9 Å². The van der Waals surface area contributed by atoms with Crippen LogP contribution in [-0.2, 0) is 28.6 Å². The Kier molecular flexibility index (Phi) is 39.6. The summed E-state index contributed by atoms with van der Waals surface area (Å²) in [5.41, 5.74) is 0. The van der Waals surface area contributed by atoms with Gasteiger partial charge in [-0.25, -0.2) is 0 Å². The molecule has 0 saturated heterocycles. The smallest absolute Gasteiger partial charge is 0.306 e. The Hall–Kier alpha value is -2.89. The summed E-state index contributed by atoms with van der Waals surface area (Å²) in [5.74, 6) is -0.918.